The van der Waals surface area contributed by atoms with E-state index in [-0.39, 0.29) is 19.0 Å². The smallest absolute Gasteiger partial charge is 0.182 e. The number of aryl methyl sites for hydroxylation is 1. The fourth-order valence-corrected chi connectivity index (χ4v) is 6.04. The maximum Gasteiger partial charge on any atom is 0.182 e. The topological polar surface area (TPSA) is 86.2 Å². The largest absolute Gasteiger partial charge is 0.330 e. The van der Waals surface area contributed by atoms with E-state index < -0.39 is 20.5 Å². The van der Waals surface area contributed by atoms with Crippen molar-refractivity contribution in [1.29, 1.82) is 0 Å². The third-order valence-electron chi connectivity index (χ3n) is 4.98. The Morgan fingerprint density at radius 1 is 0.957 bits per heavy atom. The molecule has 4 nitrogen and oxygen atoms in total. The van der Waals surface area contributed by atoms with E-state index in [2.05, 4.69) is 0 Å². The summed E-state index contributed by atoms with van der Waals surface area (Å²) in [5.41, 5.74) is 13.5. The highest BCUT2D eigenvalue weighted by atomic mass is 32.2. The van der Waals surface area contributed by atoms with Crippen LogP contribution in [0.2, 0.25) is 0 Å². The van der Waals surface area contributed by atoms with Gasteiger partial charge in [-0.2, -0.15) is 0 Å². The van der Waals surface area contributed by atoms with Crippen LogP contribution in [0.4, 0.5) is 0 Å². The molecule has 0 aromatic heterocycles. The van der Waals surface area contributed by atoms with Gasteiger partial charge in [0.1, 0.15) is 0 Å². The summed E-state index contributed by atoms with van der Waals surface area (Å²) < 4.78 is 26.1. The Labute approximate surface area is 137 Å². The first-order valence-corrected chi connectivity index (χ1v) is 9.27. The number of hydrogen-bond donors (Lipinski definition) is 2. The van der Waals surface area contributed by atoms with Crippen LogP contribution in [0.3, 0.4) is 0 Å². The van der Waals surface area contributed by atoms with Gasteiger partial charge in [-0.1, -0.05) is 48.0 Å². The molecule has 1 saturated carbocycles. The van der Waals surface area contributed by atoms with Gasteiger partial charge in [-0.05, 0) is 24.6 Å². The van der Waals surface area contributed by atoms with Crippen molar-refractivity contribution >= 4 is 9.84 Å². The molecule has 2 aromatic carbocycles. The highest BCUT2D eigenvalue weighted by molar-refractivity contribution is 7.92. The summed E-state index contributed by atoms with van der Waals surface area (Å²) in [7, 11) is -3.47. The monoisotopic (exact) mass is 330 g/mol. The van der Waals surface area contributed by atoms with Crippen LogP contribution in [0.5, 0.6) is 0 Å². The molecule has 23 heavy (non-hydrogen) atoms. The minimum Gasteiger partial charge on any atom is -0.330 e. The minimum atomic E-state index is -3.47. The summed E-state index contributed by atoms with van der Waals surface area (Å²) in [4.78, 5) is 0.339. The van der Waals surface area contributed by atoms with Crippen LogP contribution >= 0.6 is 0 Å². The van der Waals surface area contributed by atoms with Crippen LogP contribution in [-0.2, 0) is 9.84 Å². The van der Waals surface area contributed by atoms with E-state index in [1.807, 2.05) is 37.3 Å². The average Bonchev–Trinajstić information content (AvgIpc) is 3.27. The average molecular weight is 330 g/mol. The maximum atomic E-state index is 13.1. The molecule has 1 fully saturated rings. The van der Waals surface area contributed by atoms with Crippen LogP contribution in [0.15, 0.2) is 59.5 Å². The van der Waals surface area contributed by atoms with Gasteiger partial charge in [0.15, 0.2) is 9.84 Å². The van der Waals surface area contributed by atoms with Crippen LogP contribution in [-0.4, -0.2) is 26.8 Å². The van der Waals surface area contributed by atoms with Crippen molar-refractivity contribution in [3.8, 4) is 0 Å². The molecule has 2 aromatic rings. The predicted molar refractivity (Wildman–Crippen MR) is 91.9 cm³/mol. The zero-order valence-electron chi connectivity index (χ0n) is 13.1. The minimum absolute atomic E-state index is 0.150. The lowest BCUT2D eigenvalue weighted by Crippen LogP contribution is -2.31. The van der Waals surface area contributed by atoms with E-state index >= 15 is 0 Å². The molecule has 0 saturated heterocycles. The normalized spacial score (nSPS) is 22.7. The molecular formula is C18H22N2O2S. The lowest BCUT2D eigenvalue weighted by Gasteiger charge is -2.13. The molecule has 0 bridgehead atoms. The lowest BCUT2D eigenvalue weighted by atomic mass is 9.99. The number of hydrogen-bond acceptors (Lipinski definition) is 4. The highest BCUT2D eigenvalue weighted by Gasteiger charge is 2.69. The van der Waals surface area contributed by atoms with Gasteiger partial charge in [0.2, 0.25) is 0 Å². The second kappa shape index (κ2) is 5.74. The van der Waals surface area contributed by atoms with Crippen molar-refractivity contribution < 1.29 is 8.42 Å². The van der Waals surface area contributed by atoms with Gasteiger partial charge in [0.05, 0.1) is 10.1 Å². The number of rotatable bonds is 5. The third kappa shape index (κ3) is 2.49. The molecule has 0 spiro atoms. The van der Waals surface area contributed by atoms with Crippen molar-refractivity contribution in [1.82, 2.24) is 0 Å². The van der Waals surface area contributed by atoms with Gasteiger partial charge < -0.3 is 11.5 Å². The molecule has 0 unspecified atom stereocenters. The van der Waals surface area contributed by atoms with Crippen LogP contribution < -0.4 is 11.5 Å². The molecule has 0 amide bonds. The van der Waals surface area contributed by atoms with Crippen LogP contribution in [0.1, 0.15) is 17.0 Å². The van der Waals surface area contributed by atoms with Crippen LogP contribution in [0.25, 0.3) is 0 Å². The van der Waals surface area contributed by atoms with Gasteiger partial charge in [-0.15, -0.1) is 0 Å². The Bertz CT molecular complexity index is 782. The Hall–Kier alpha value is -1.69. The zero-order chi connectivity index (χ0) is 16.7. The predicted octanol–water partition coefficient (Wildman–Crippen LogP) is 1.84. The Morgan fingerprint density at radius 2 is 1.52 bits per heavy atom. The van der Waals surface area contributed by atoms with E-state index in [0.29, 0.717) is 4.90 Å². The zero-order valence-corrected chi connectivity index (χ0v) is 14.0. The molecule has 2 atom stereocenters. The molecule has 0 radical (unpaired) electrons. The van der Waals surface area contributed by atoms with Gasteiger partial charge in [0.25, 0.3) is 0 Å². The summed E-state index contributed by atoms with van der Waals surface area (Å²) >= 11 is 0. The summed E-state index contributed by atoms with van der Waals surface area (Å²) in [5.74, 6) is -0.150. The van der Waals surface area contributed by atoms with E-state index in [1.165, 1.54) is 0 Å². The molecule has 5 heteroatoms. The van der Waals surface area contributed by atoms with Gasteiger partial charge >= 0.3 is 0 Å². The molecular weight excluding hydrogens is 308 g/mol. The first-order valence-electron chi connectivity index (χ1n) is 7.73. The SMILES string of the molecule is Cc1ccc([C@H]2[C@H](S(=O)(=O)c3ccccc3)C2(CN)CN)cc1. The molecule has 0 heterocycles. The Morgan fingerprint density at radius 3 is 2.04 bits per heavy atom. The number of benzene rings is 2. The highest BCUT2D eigenvalue weighted by Crippen LogP contribution is 2.62. The van der Waals surface area contributed by atoms with Crippen molar-refractivity contribution in [2.45, 2.75) is 23.0 Å². The second-order valence-electron chi connectivity index (χ2n) is 6.31. The van der Waals surface area contributed by atoms with E-state index in [1.54, 1.807) is 24.3 Å². The number of nitrogens with two attached hydrogens (primary N) is 2. The second-order valence-corrected chi connectivity index (χ2v) is 8.38. The van der Waals surface area contributed by atoms with Gasteiger partial charge in [-0.3, -0.25) is 0 Å². The molecule has 3 rings (SSSR count). The third-order valence-corrected chi connectivity index (χ3v) is 7.32. The maximum absolute atomic E-state index is 13.1. The van der Waals surface area contributed by atoms with Crippen molar-refractivity contribution in [3.63, 3.8) is 0 Å². The molecule has 4 N–H and O–H groups in total. The summed E-state index contributed by atoms with van der Waals surface area (Å²) in [6.07, 6.45) is 0. The molecule has 0 aliphatic heterocycles. The standard InChI is InChI=1S/C18H22N2O2S/c1-13-7-9-14(10-8-13)16-17(18(16,11-19)12-20)23(21,22)15-5-3-2-4-6-15/h2-10,16-17H,11-12,19-20H2,1H3/t16-,17-/m0/s1. The molecule has 1 aliphatic carbocycles. The lowest BCUT2D eigenvalue weighted by molar-refractivity contribution is 0.510. The van der Waals surface area contributed by atoms with E-state index in [9.17, 15) is 8.42 Å². The first kappa shape index (κ1) is 16.2. The van der Waals surface area contributed by atoms with Gasteiger partial charge in [-0.25, -0.2) is 8.42 Å². The van der Waals surface area contributed by atoms with Crippen LogP contribution in [0, 0.1) is 12.3 Å². The van der Waals surface area contributed by atoms with Crippen molar-refractivity contribution in [2.75, 3.05) is 13.1 Å². The Balaban J connectivity index is 2.05. The fourth-order valence-electron chi connectivity index (χ4n) is 3.55. The first-order chi connectivity index (χ1) is 11.0. The summed E-state index contributed by atoms with van der Waals surface area (Å²) in [5, 5.41) is -0.560. The number of sulfone groups is 1. The van der Waals surface area contributed by atoms with Crippen molar-refractivity contribution in [2.24, 2.45) is 16.9 Å². The molecule has 122 valence electrons. The van der Waals surface area contributed by atoms with Crippen molar-refractivity contribution in [3.05, 3.63) is 65.7 Å². The quantitative estimate of drug-likeness (QED) is 0.876. The Kier molecular flexibility index (Phi) is 4.04. The van der Waals surface area contributed by atoms with E-state index in [4.69, 9.17) is 11.5 Å². The van der Waals surface area contributed by atoms with Gasteiger partial charge in [0, 0.05) is 24.4 Å². The fraction of sp³-hybridized carbons (Fsp3) is 0.333. The summed E-state index contributed by atoms with van der Waals surface area (Å²) in [6.45, 7) is 2.53. The molecule has 1 aliphatic rings. The summed E-state index contributed by atoms with van der Waals surface area (Å²) in [6, 6.07) is 16.5. The van der Waals surface area contributed by atoms with E-state index in [0.717, 1.165) is 11.1 Å².